The second kappa shape index (κ2) is 9.14. The molecule has 0 radical (unpaired) electrons. The normalized spacial score (nSPS) is 16.0. The van der Waals surface area contributed by atoms with Crippen molar-refractivity contribution in [3.8, 4) is 0 Å². The van der Waals surface area contributed by atoms with Gasteiger partial charge in [-0.15, -0.1) is 0 Å². The minimum atomic E-state index is -0.561. The first-order chi connectivity index (χ1) is 14.9. The lowest BCUT2D eigenvalue weighted by atomic mass is 9.94. The molecular formula is C25H37N3O4. The minimum Gasteiger partial charge on any atom is -0.444 e. The Balaban J connectivity index is 1.76. The van der Waals surface area contributed by atoms with Crippen LogP contribution >= 0.6 is 0 Å². The van der Waals surface area contributed by atoms with Crippen LogP contribution in [0.4, 0.5) is 4.79 Å². The number of aromatic nitrogens is 1. The highest BCUT2D eigenvalue weighted by atomic mass is 16.6. The van der Waals surface area contributed by atoms with Crippen molar-refractivity contribution in [3.63, 3.8) is 0 Å². The van der Waals surface area contributed by atoms with E-state index in [1.165, 1.54) is 11.3 Å². The topological polar surface area (TPSA) is 81.6 Å². The van der Waals surface area contributed by atoms with E-state index in [2.05, 4.69) is 29.0 Å². The van der Waals surface area contributed by atoms with Crippen LogP contribution in [0.3, 0.4) is 0 Å². The summed E-state index contributed by atoms with van der Waals surface area (Å²) in [5, 5.41) is 7.10. The summed E-state index contributed by atoms with van der Waals surface area (Å²) in [4.78, 5) is 25.3. The number of hydrogen-bond donors (Lipinski definition) is 2. The number of hydrogen-bond acceptors (Lipinski definition) is 4. The number of nitrogens with zero attached hydrogens (tertiary/aromatic N) is 1. The van der Waals surface area contributed by atoms with Gasteiger partial charge in [0.25, 0.3) is 5.91 Å². The molecular weight excluding hydrogens is 406 g/mol. The van der Waals surface area contributed by atoms with E-state index in [9.17, 15) is 9.59 Å². The summed E-state index contributed by atoms with van der Waals surface area (Å²) < 4.78 is 12.8. The molecule has 2 amide bonds. The van der Waals surface area contributed by atoms with E-state index in [1.54, 1.807) is 7.11 Å². The van der Waals surface area contributed by atoms with Gasteiger partial charge in [0.15, 0.2) is 0 Å². The highest BCUT2D eigenvalue weighted by Gasteiger charge is 2.43. The van der Waals surface area contributed by atoms with E-state index >= 15 is 0 Å². The number of fused-ring (bicyclic) bond motifs is 1. The molecule has 1 unspecified atom stereocenters. The van der Waals surface area contributed by atoms with Gasteiger partial charge in [0, 0.05) is 42.4 Å². The molecule has 1 heterocycles. The summed E-state index contributed by atoms with van der Waals surface area (Å²) in [6.45, 7) is 13.4. The first-order valence-corrected chi connectivity index (χ1v) is 11.3. The van der Waals surface area contributed by atoms with Crippen LogP contribution in [0.1, 0.15) is 62.2 Å². The molecule has 0 saturated heterocycles. The second-order valence-corrected chi connectivity index (χ2v) is 10.1. The van der Waals surface area contributed by atoms with Gasteiger partial charge in [0.05, 0.1) is 12.1 Å². The van der Waals surface area contributed by atoms with Gasteiger partial charge < -0.3 is 24.7 Å². The number of methoxy groups -OCH3 is 1. The fourth-order valence-electron chi connectivity index (χ4n) is 4.17. The summed E-state index contributed by atoms with van der Waals surface area (Å²) in [6, 6.07) is 5.84. The lowest BCUT2D eigenvalue weighted by Gasteiger charge is -2.32. The SMILES string of the molecule is COCCn1c(C)c(C)c2cc(C(=O)NC(C)(CNC(=O)OC(C)(C)C)C3CC3)ccc21. The van der Waals surface area contributed by atoms with Crippen molar-refractivity contribution in [2.75, 3.05) is 20.3 Å². The molecule has 1 aromatic heterocycles. The standard InChI is InChI=1S/C25H37N3O4/c1-16-17(2)28(12-13-31-7)21-11-8-18(14-20(16)21)22(29)27-25(6,19-9-10-19)15-26-23(30)32-24(3,4)5/h8,11,14,19H,9-10,12-13,15H2,1-7H3,(H,26,30)(H,27,29). The van der Waals surface area contributed by atoms with Crippen molar-refractivity contribution in [1.82, 2.24) is 15.2 Å². The average molecular weight is 444 g/mol. The fraction of sp³-hybridized carbons (Fsp3) is 0.600. The molecule has 0 spiro atoms. The third-order valence-electron chi connectivity index (χ3n) is 6.30. The maximum Gasteiger partial charge on any atom is 0.407 e. The van der Waals surface area contributed by atoms with E-state index in [0.717, 1.165) is 30.3 Å². The molecule has 176 valence electrons. The third kappa shape index (κ3) is 5.44. The van der Waals surface area contributed by atoms with Crippen molar-refractivity contribution in [2.24, 2.45) is 5.92 Å². The van der Waals surface area contributed by atoms with Gasteiger partial charge in [-0.2, -0.15) is 0 Å². The molecule has 0 bridgehead atoms. The first-order valence-electron chi connectivity index (χ1n) is 11.3. The number of nitrogens with one attached hydrogen (secondary N) is 2. The van der Waals surface area contributed by atoms with Crippen molar-refractivity contribution >= 4 is 22.9 Å². The zero-order chi connectivity index (χ0) is 23.7. The van der Waals surface area contributed by atoms with Gasteiger partial charge in [-0.1, -0.05) is 0 Å². The zero-order valence-electron chi connectivity index (χ0n) is 20.4. The van der Waals surface area contributed by atoms with Gasteiger partial charge in [-0.05, 0) is 84.1 Å². The van der Waals surface area contributed by atoms with Crippen molar-refractivity contribution in [3.05, 3.63) is 35.0 Å². The number of amides is 2. The van der Waals surface area contributed by atoms with Gasteiger partial charge in [-0.25, -0.2) is 4.79 Å². The molecule has 0 aliphatic heterocycles. The summed E-state index contributed by atoms with van der Waals surface area (Å²) in [5.74, 6) is 0.207. The van der Waals surface area contributed by atoms with Gasteiger partial charge >= 0.3 is 6.09 Å². The Hall–Kier alpha value is -2.54. The van der Waals surface area contributed by atoms with Crippen LogP contribution in [0.5, 0.6) is 0 Å². The molecule has 1 aliphatic carbocycles. The van der Waals surface area contributed by atoms with Crippen LogP contribution in [0.15, 0.2) is 18.2 Å². The molecule has 7 heteroatoms. The Morgan fingerprint density at radius 1 is 1.16 bits per heavy atom. The number of benzene rings is 1. The number of carbonyl (C=O) groups excluding carboxylic acids is 2. The summed E-state index contributed by atoms with van der Waals surface area (Å²) in [6.07, 6.45) is 1.60. The quantitative estimate of drug-likeness (QED) is 0.636. The molecule has 2 N–H and O–H groups in total. The number of carbonyl (C=O) groups is 2. The van der Waals surface area contributed by atoms with Crippen molar-refractivity contribution in [2.45, 2.75) is 72.1 Å². The Kier molecular flexibility index (Phi) is 6.89. The third-order valence-corrected chi connectivity index (χ3v) is 6.30. The van der Waals surface area contributed by atoms with Gasteiger partial charge in [-0.3, -0.25) is 4.79 Å². The highest BCUT2D eigenvalue weighted by Crippen LogP contribution is 2.39. The Bertz CT molecular complexity index is 1000. The van der Waals surface area contributed by atoms with Crippen LogP contribution < -0.4 is 10.6 Å². The van der Waals surface area contributed by atoms with Gasteiger partial charge in [0.2, 0.25) is 0 Å². The summed E-state index contributed by atoms with van der Waals surface area (Å²) in [7, 11) is 1.70. The number of aryl methyl sites for hydroxylation is 1. The lowest BCUT2D eigenvalue weighted by Crippen LogP contribution is -2.55. The number of alkyl carbamates (subject to hydrolysis) is 1. The fourth-order valence-corrected chi connectivity index (χ4v) is 4.17. The molecule has 1 aromatic carbocycles. The first kappa shape index (κ1) is 24.1. The molecule has 1 aliphatic rings. The molecule has 7 nitrogen and oxygen atoms in total. The molecule has 1 fully saturated rings. The molecule has 1 atom stereocenters. The van der Waals surface area contributed by atoms with E-state index < -0.39 is 17.2 Å². The minimum absolute atomic E-state index is 0.131. The van der Waals surface area contributed by atoms with Gasteiger partial charge in [0.1, 0.15) is 5.60 Å². The Morgan fingerprint density at radius 3 is 2.44 bits per heavy atom. The average Bonchev–Trinajstić information content (AvgIpc) is 3.53. The Morgan fingerprint density at radius 2 is 1.84 bits per heavy atom. The number of rotatable bonds is 8. The van der Waals surface area contributed by atoms with Crippen LogP contribution in [0, 0.1) is 19.8 Å². The Labute approximate surface area is 190 Å². The van der Waals surface area contributed by atoms with E-state index in [-0.39, 0.29) is 5.91 Å². The second-order valence-electron chi connectivity index (χ2n) is 10.1. The highest BCUT2D eigenvalue weighted by molar-refractivity contribution is 5.99. The van der Waals surface area contributed by atoms with Crippen LogP contribution in [-0.2, 0) is 16.0 Å². The van der Waals surface area contributed by atoms with E-state index in [4.69, 9.17) is 9.47 Å². The maximum atomic E-state index is 13.2. The summed E-state index contributed by atoms with van der Waals surface area (Å²) in [5.41, 5.74) is 2.98. The van der Waals surface area contributed by atoms with Crippen LogP contribution in [0.25, 0.3) is 10.9 Å². The van der Waals surface area contributed by atoms with Crippen molar-refractivity contribution in [1.29, 1.82) is 0 Å². The predicted molar refractivity (Wildman–Crippen MR) is 126 cm³/mol. The zero-order valence-corrected chi connectivity index (χ0v) is 20.4. The largest absolute Gasteiger partial charge is 0.444 e. The monoisotopic (exact) mass is 443 g/mol. The number of ether oxygens (including phenoxy) is 2. The molecule has 3 rings (SSSR count). The van der Waals surface area contributed by atoms with Crippen LogP contribution in [0.2, 0.25) is 0 Å². The van der Waals surface area contributed by atoms with E-state index in [0.29, 0.717) is 24.6 Å². The molecule has 32 heavy (non-hydrogen) atoms. The smallest absolute Gasteiger partial charge is 0.407 e. The molecule has 2 aromatic rings. The van der Waals surface area contributed by atoms with Crippen LogP contribution in [-0.4, -0.2) is 48.0 Å². The van der Waals surface area contributed by atoms with E-state index in [1.807, 2.05) is 45.9 Å². The summed E-state index contributed by atoms with van der Waals surface area (Å²) >= 11 is 0. The predicted octanol–water partition coefficient (Wildman–Crippen LogP) is 4.33. The molecule has 1 saturated carbocycles. The lowest BCUT2D eigenvalue weighted by molar-refractivity contribution is 0.0502. The van der Waals surface area contributed by atoms with Crippen molar-refractivity contribution < 1.29 is 19.1 Å². The maximum absolute atomic E-state index is 13.2.